The Hall–Kier alpha value is -1.71. The monoisotopic (exact) mass is 430 g/mol. The number of aliphatic hydroxyl groups excluding tert-OH is 1. The second kappa shape index (κ2) is 9.12. The Morgan fingerprint density at radius 2 is 2.08 bits per heavy atom. The predicted octanol–water partition coefficient (Wildman–Crippen LogP) is 3.74. The van der Waals surface area contributed by atoms with Crippen LogP contribution in [0.5, 0.6) is 0 Å². The van der Waals surface area contributed by atoms with Crippen LogP contribution >= 0.6 is 27.5 Å². The molecule has 0 radical (unpaired) electrons. The highest BCUT2D eigenvalue weighted by molar-refractivity contribution is 9.10. The summed E-state index contributed by atoms with van der Waals surface area (Å²) in [7, 11) is 1.83. The van der Waals surface area contributed by atoms with E-state index in [0.717, 1.165) is 9.99 Å². The number of nitrogens with one attached hydrogen (secondary N) is 1. The Bertz CT molecular complexity index is 858. The summed E-state index contributed by atoms with van der Waals surface area (Å²) >= 11 is 9.45. The number of imidazole rings is 1. The van der Waals surface area contributed by atoms with Crippen molar-refractivity contribution in [2.75, 3.05) is 18.5 Å². The molecule has 2 aromatic carbocycles. The van der Waals surface area contributed by atoms with Gasteiger partial charge in [-0.2, -0.15) is 0 Å². The first-order valence-corrected chi connectivity index (χ1v) is 8.39. The van der Waals surface area contributed by atoms with Crippen molar-refractivity contribution in [1.82, 2.24) is 9.55 Å². The van der Waals surface area contributed by atoms with Crippen molar-refractivity contribution in [2.45, 2.75) is 0 Å². The lowest BCUT2D eigenvalue weighted by molar-refractivity contribution is 0.0938. The number of hydrogen-bond acceptors (Lipinski definition) is 5. The molecular weight excluding hydrogens is 415 g/mol. The number of rotatable bonds is 4. The molecule has 0 aliphatic rings. The quantitative estimate of drug-likeness (QED) is 0.548. The minimum atomic E-state index is -0.387. The van der Waals surface area contributed by atoms with Crippen LogP contribution in [0.2, 0.25) is 5.02 Å². The molecule has 0 spiro atoms. The molecule has 3 rings (SSSR count). The molecule has 0 fully saturated rings. The lowest BCUT2D eigenvalue weighted by Gasteiger charge is -2.10. The number of halogens is 3. The smallest absolute Gasteiger partial charge is 0.174 e. The van der Waals surface area contributed by atoms with Crippen LogP contribution in [0.15, 0.2) is 41.1 Å². The molecule has 1 aromatic heterocycles. The first kappa shape index (κ1) is 19.6. The summed E-state index contributed by atoms with van der Waals surface area (Å²) in [5.41, 5.74) is 2.07. The molecule has 25 heavy (non-hydrogen) atoms. The summed E-state index contributed by atoms with van der Waals surface area (Å²) in [4.78, 5) is 8.01. The SMILES string of the molecule is Cn1cnc2c(F)c(Nc3ccc(Br)cc3Cl)ccc21.NOCCO. The number of benzene rings is 2. The van der Waals surface area contributed by atoms with E-state index in [1.165, 1.54) is 0 Å². The van der Waals surface area contributed by atoms with Crippen molar-refractivity contribution in [3.63, 3.8) is 0 Å². The first-order chi connectivity index (χ1) is 12.0. The molecule has 0 atom stereocenters. The average molecular weight is 432 g/mol. The van der Waals surface area contributed by atoms with Crippen LogP contribution in [-0.2, 0) is 11.9 Å². The van der Waals surface area contributed by atoms with Gasteiger partial charge in [0.1, 0.15) is 5.52 Å². The minimum Gasteiger partial charge on any atom is -0.394 e. The second-order valence-electron chi connectivity index (χ2n) is 4.99. The second-order valence-corrected chi connectivity index (χ2v) is 6.32. The van der Waals surface area contributed by atoms with Gasteiger partial charge >= 0.3 is 0 Å². The Kier molecular flexibility index (Phi) is 7.15. The summed E-state index contributed by atoms with van der Waals surface area (Å²) in [5.74, 6) is 4.09. The highest BCUT2D eigenvalue weighted by Crippen LogP contribution is 2.31. The lowest BCUT2D eigenvalue weighted by Crippen LogP contribution is -2.03. The van der Waals surface area contributed by atoms with Gasteiger partial charge in [-0.3, -0.25) is 0 Å². The number of anilines is 2. The van der Waals surface area contributed by atoms with Crippen LogP contribution in [0.3, 0.4) is 0 Å². The van der Waals surface area contributed by atoms with Gasteiger partial charge in [0.25, 0.3) is 0 Å². The van der Waals surface area contributed by atoms with E-state index in [2.05, 4.69) is 37.0 Å². The maximum absolute atomic E-state index is 14.4. The van der Waals surface area contributed by atoms with Crippen LogP contribution in [0.25, 0.3) is 11.0 Å². The van der Waals surface area contributed by atoms with Crippen molar-refractivity contribution in [3.05, 3.63) is 52.0 Å². The Labute approximate surface area is 157 Å². The van der Waals surface area contributed by atoms with Gasteiger partial charge in [0, 0.05) is 11.5 Å². The number of aromatic nitrogens is 2. The van der Waals surface area contributed by atoms with Gasteiger partial charge in [0.05, 0.1) is 41.5 Å². The van der Waals surface area contributed by atoms with Gasteiger partial charge in [-0.05, 0) is 30.3 Å². The molecular formula is C16H17BrClFN4O2. The zero-order chi connectivity index (χ0) is 18.4. The van der Waals surface area contributed by atoms with Gasteiger partial charge in [-0.15, -0.1) is 0 Å². The fourth-order valence-corrected chi connectivity index (χ4v) is 2.77. The number of aryl methyl sites for hydroxylation is 1. The van der Waals surface area contributed by atoms with Crippen molar-refractivity contribution in [2.24, 2.45) is 12.9 Å². The van der Waals surface area contributed by atoms with Crippen LogP contribution in [0.1, 0.15) is 0 Å². The van der Waals surface area contributed by atoms with Crippen molar-refractivity contribution < 1.29 is 14.3 Å². The number of hydrogen-bond donors (Lipinski definition) is 3. The fraction of sp³-hybridized carbons (Fsp3) is 0.188. The fourth-order valence-electron chi connectivity index (χ4n) is 2.05. The predicted molar refractivity (Wildman–Crippen MR) is 100 cm³/mol. The molecule has 134 valence electrons. The molecule has 0 saturated heterocycles. The van der Waals surface area contributed by atoms with Gasteiger partial charge in [0.15, 0.2) is 5.82 Å². The molecule has 9 heteroatoms. The Morgan fingerprint density at radius 3 is 2.68 bits per heavy atom. The van der Waals surface area contributed by atoms with Crippen LogP contribution in [0, 0.1) is 5.82 Å². The molecule has 0 bridgehead atoms. The zero-order valence-corrected chi connectivity index (χ0v) is 15.7. The number of aliphatic hydroxyl groups is 1. The Balaban J connectivity index is 0.000000399. The minimum absolute atomic E-state index is 0.00347. The summed E-state index contributed by atoms with van der Waals surface area (Å²) in [6.07, 6.45) is 1.59. The molecule has 0 aliphatic heterocycles. The van der Waals surface area contributed by atoms with Gasteiger partial charge in [0.2, 0.25) is 0 Å². The van der Waals surface area contributed by atoms with E-state index in [0.29, 0.717) is 21.9 Å². The zero-order valence-electron chi connectivity index (χ0n) is 13.3. The summed E-state index contributed by atoms with van der Waals surface area (Å²) in [6, 6.07) is 8.87. The third kappa shape index (κ3) is 4.90. The van der Waals surface area contributed by atoms with E-state index in [9.17, 15) is 4.39 Å². The van der Waals surface area contributed by atoms with Crippen LogP contribution in [0.4, 0.5) is 15.8 Å². The van der Waals surface area contributed by atoms with Gasteiger partial charge in [-0.25, -0.2) is 15.3 Å². The van der Waals surface area contributed by atoms with E-state index >= 15 is 0 Å². The van der Waals surface area contributed by atoms with Crippen LogP contribution < -0.4 is 11.2 Å². The van der Waals surface area contributed by atoms with E-state index < -0.39 is 0 Å². The molecule has 4 N–H and O–H groups in total. The maximum atomic E-state index is 14.4. The van der Waals surface area contributed by atoms with E-state index in [4.69, 9.17) is 16.7 Å². The van der Waals surface area contributed by atoms with Crippen molar-refractivity contribution in [3.8, 4) is 0 Å². The third-order valence-electron chi connectivity index (χ3n) is 3.24. The first-order valence-electron chi connectivity index (χ1n) is 7.22. The summed E-state index contributed by atoms with van der Waals surface area (Å²) < 4.78 is 17.0. The molecule has 6 nitrogen and oxygen atoms in total. The summed E-state index contributed by atoms with van der Waals surface area (Å²) in [5, 5.41) is 11.4. The number of fused-ring (bicyclic) bond motifs is 1. The van der Waals surface area contributed by atoms with E-state index in [-0.39, 0.29) is 19.0 Å². The van der Waals surface area contributed by atoms with Gasteiger partial charge < -0.3 is 19.8 Å². The number of nitrogens with zero attached hydrogens (tertiary/aromatic N) is 2. The van der Waals surface area contributed by atoms with Gasteiger partial charge in [-0.1, -0.05) is 27.5 Å². The highest BCUT2D eigenvalue weighted by Gasteiger charge is 2.12. The normalized spacial score (nSPS) is 10.5. The largest absolute Gasteiger partial charge is 0.394 e. The van der Waals surface area contributed by atoms with Crippen LogP contribution in [-0.4, -0.2) is 27.9 Å². The van der Waals surface area contributed by atoms with E-state index in [1.54, 1.807) is 29.1 Å². The highest BCUT2D eigenvalue weighted by atomic mass is 79.9. The molecule has 0 saturated carbocycles. The topological polar surface area (TPSA) is 85.3 Å². The van der Waals surface area contributed by atoms with Crippen molar-refractivity contribution in [1.29, 1.82) is 0 Å². The molecule has 0 amide bonds. The molecule has 1 heterocycles. The maximum Gasteiger partial charge on any atom is 0.174 e. The molecule has 3 aromatic rings. The lowest BCUT2D eigenvalue weighted by atomic mass is 10.2. The third-order valence-corrected chi connectivity index (χ3v) is 4.05. The molecule has 0 aliphatic carbocycles. The van der Waals surface area contributed by atoms with E-state index in [1.807, 2.05) is 19.2 Å². The number of nitrogens with two attached hydrogens (primary N) is 1. The summed E-state index contributed by atoms with van der Waals surface area (Å²) in [6.45, 7) is 0.219. The Morgan fingerprint density at radius 1 is 1.36 bits per heavy atom. The average Bonchev–Trinajstić information content (AvgIpc) is 2.96. The van der Waals surface area contributed by atoms with Crippen molar-refractivity contribution >= 4 is 49.9 Å². The molecule has 0 unspecified atom stereocenters. The standard InChI is InChI=1S/C14H10BrClFN3.C2H7NO2/c1-20-7-18-14-12(20)5-4-11(13(14)17)19-10-3-2-8(15)6-9(10)16;3-5-2-1-4/h2-7,19H,1H3;4H,1-3H2.